The molecule has 0 saturated carbocycles. The number of hydrogen-bond acceptors (Lipinski definition) is 0. The highest BCUT2D eigenvalue weighted by molar-refractivity contribution is 5.71. The molecule has 2 unspecified atom stereocenters. The van der Waals surface area contributed by atoms with Gasteiger partial charge in [-0.15, -0.1) is 6.58 Å². The van der Waals surface area contributed by atoms with Crippen molar-refractivity contribution in [3.8, 4) is 22.3 Å². The Hall–Kier alpha value is -3.00. The van der Waals surface area contributed by atoms with Gasteiger partial charge in [0.15, 0.2) is 11.6 Å². The van der Waals surface area contributed by atoms with E-state index in [2.05, 4.69) is 43.0 Å². The van der Waals surface area contributed by atoms with Crippen LogP contribution >= 0.6 is 0 Å². The van der Waals surface area contributed by atoms with Crippen molar-refractivity contribution in [1.82, 2.24) is 0 Å². The van der Waals surface area contributed by atoms with Gasteiger partial charge in [-0.25, -0.2) is 8.78 Å². The van der Waals surface area contributed by atoms with Crippen LogP contribution in [0.4, 0.5) is 8.78 Å². The number of aryl methyl sites for hydroxylation is 1. The molecular weight excluding hydrogens is 362 g/mol. The number of rotatable bonds is 4. The Morgan fingerprint density at radius 2 is 1.38 bits per heavy atom. The van der Waals surface area contributed by atoms with Crippen molar-refractivity contribution in [1.29, 1.82) is 0 Å². The van der Waals surface area contributed by atoms with E-state index in [1.165, 1.54) is 5.56 Å². The Balaban J connectivity index is 1.54. The molecular formula is C27H24F2. The summed E-state index contributed by atoms with van der Waals surface area (Å²) < 4.78 is 28.1. The van der Waals surface area contributed by atoms with Crippen molar-refractivity contribution in [2.24, 2.45) is 5.92 Å². The molecule has 0 fully saturated rings. The summed E-state index contributed by atoms with van der Waals surface area (Å²) in [6, 6.07) is 19.5. The molecule has 2 heteroatoms. The van der Waals surface area contributed by atoms with Gasteiger partial charge in [-0.2, -0.15) is 0 Å². The molecule has 0 spiro atoms. The number of benzene rings is 3. The summed E-state index contributed by atoms with van der Waals surface area (Å²) in [4.78, 5) is 0. The van der Waals surface area contributed by atoms with E-state index in [-0.39, 0.29) is 5.56 Å². The predicted octanol–water partition coefficient (Wildman–Crippen LogP) is 7.84. The van der Waals surface area contributed by atoms with E-state index in [0.29, 0.717) is 23.0 Å². The molecule has 0 bridgehead atoms. The average molecular weight is 386 g/mol. The molecule has 29 heavy (non-hydrogen) atoms. The Labute approximate surface area is 171 Å². The van der Waals surface area contributed by atoms with E-state index in [1.807, 2.05) is 30.3 Å². The third-order valence-electron chi connectivity index (χ3n) is 5.85. The zero-order valence-electron chi connectivity index (χ0n) is 16.5. The van der Waals surface area contributed by atoms with Crippen LogP contribution in [0.2, 0.25) is 0 Å². The maximum absolute atomic E-state index is 14.3. The number of allylic oxidation sites excluding steroid dienone is 3. The lowest BCUT2D eigenvalue weighted by Crippen LogP contribution is -2.05. The van der Waals surface area contributed by atoms with Gasteiger partial charge in [-0.1, -0.05) is 78.9 Å². The van der Waals surface area contributed by atoms with E-state index < -0.39 is 11.6 Å². The lowest BCUT2D eigenvalue weighted by molar-refractivity contribution is 0.505. The lowest BCUT2D eigenvalue weighted by atomic mass is 9.84. The molecule has 0 nitrogen and oxygen atoms in total. The van der Waals surface area contributed by atoms with E-state index in [4.69, 9.17) is 0 Å². The molecule has 0 N–H and O–H groups in total. The Morgan fingerprint density at radius 3 is 1.97 bits per heavy atom. The minimum Gasteiger partial charge on any atom is -0.203 e. The second-order valence-electron chi connectivity index (χ2n) is 7.73. The third kappa shape index (κ3) is 3.93. The van der Waals surface area contributed by atoms with Crippen molar-refractivity contribution in [3.05, 3.63) is 108 Å². The molecule has 0 aliphatic heterocycles. The SMILES string of the molecule is C=CC1C=CC(c2ccc(-c3ccc(-c4ccc(C)c(F)c4F)cc3)cc2)CC1. The van der Waals surface area contributed by atoms with Crippen LogP contribution in [0.15, 0.2) is 85.5 Å². The minimum atomic E-state index is -0.790. The molecule has 0 amide bonds. The van der Waals surface area contributed by atoms with Crippen LogP contribution in [-0.2, 0) is 0 Å². The standard InChI is InChI=1S/C27H24F2/c1-3-19-5-7-20(8-6-19)21-9-11-22(12-10-21)23-13-15-24(16-14-23)25-17-4-18(2)26(28)27(25)29/h3-5,7,9-17,19-20H,1,6,8H2,2H3. The van der Waals surface area contributed by atoms with Gasteiger partial charge in [0, 0.05) is 11.5 Å². The van der Waals surface area contributed by atoms with Crippen molar-refractivity contribution in [2.45, 2.75) is 25.7 Å². The van der Waals surface area contributed by atoms with Gasteiger partial charge in [0.1, 0.15) is 0 Å². The van der Waals surface area contributed by atoms with Crippen LogP contribution in [0, 0.1) is 24.5 Å². The van der Waals surface area contributed by atoms with Crippen molar-refractivity contribution < 1.29 is 8.78 Å². The molecule has 3 aromatic carbocycles. The minimum absolute atomic E-state index is 0.289. The van der Waals surface area contributed by atoms with Gasteiger partial charge in [-0.05, 0) is 53.5 Å². The largest absolute Gasteiger partial charge is 0.203 e. The van der Waals surface area contributed by atoms with E-state index in [0.717, 1.165) is 24.0 Å². The van der Waals surface area contributed by atoms with Gasteiger partial charge in [-0.3, -0.25) is 0 Å². The molecule has 4 rings (SSSR count). The highest BCUT2D eigenvalue weighted by Gasteiger charge is 2.16. The first-order valence-corrected chi connectivity index (χ1v) is 10.0. The van der Waals surface area contributed by atoms with Crippen molar-refractivity contribution >= 4 is 0 Å². The Kier molecular flexibility index (Phi) is 5.44. The molecule has 2 atom stereocenters. The van der Waals surface area contributed by atoms with Crippen LogP contribution in [0.25, 0.3) is 22.3 Å². The second-order valence-corrected chi connectivity index (χ2v) is 7.73. The molecule has 0 aromatic heterocycles. The highest BCUT2D eigenvalue weighted by atomic mass is 19.2. The van der Waals surface area contributed by atoms with Crippen molar-refractivity contribution in [3.63, 3.8) is 0 Å². The van der Waals surface area contributed by atoms with Gasteiger partial charge in [0.25, 0.3) is 0 Å². The van der Waals surface area contributed by atoms with E-state index >= 15 is 0 Å². The lowest BCUT2D eigenvalue weighted by Gasteiger charge is -2.21. The highest BCUT2D eigenvalue weighted by Crippen LogP contribution is 2.33. The summed E-state index contributed by atoms with van der Waals surface area (Å²) in [5.41, 5.74) is 4.76. The topological polar surface area (TPSA) is 0 Å². The van der Waals surface area contributed by atoms with Gasteiger partial charge < -0.3 is 0 Å². The fraction of sp³-hybridized carbons (Fsp3) is 0.185. The van der Waals surface area contributed by atoms with Gasteiger partial charge >= 0.3 is 0 Å². The van der Waals surface area contributed by atoms with Gasteiger partial charge in [0.05, 0.1) is 0 Å². The molecule has 0 radical (unpaired) electrons. The summed E-state index contributed by atoms with van der Waals surface area (Å²) in [6.07, 6.45) is 8.83. The van der Waals surface area contributed by atoms with Crippen LogP contribution < -0.4 is 0 Å². The molecule has 3 aromatic rings. The first-order chi connectivity index (χ1) is 14.1. The number of halogens is 2. The summed E-state index contributed by atoms with van der Waals surface area (Å²) in [5.74, 6) is -0.613. The number of hydrogen-bond donors (Lipinski definition) is 0. The Bertz CT molecular complexity index is 1040. The first kappa shape index (κ1) is 19.3. The smallest absolute Gasteiger partial charge is 0.166 e. The molecule has 0 heterocycles. The normalized spacial score (nSPS) is 18.6. The second kappa shape index (κ2) is 8.16. The van der Waals surface area contributed by atoms with Crippen molar-refractivity contribution in [2.75, 3.05) is 0 Å². The van der Waals surface area contributed by atoms with Crippen LogP contribution in [-0.4, -0.2) is 0 Å². The maximum Gasteiger partial charge on any atom is 0.166 e. The van der Waals surface area contributed by atoms with E-state index in [1.54, 1.807) is 19.1 Å². The van der Waals surface area contributed by atoms with Crippen LogP contribution in [0.1, 0.15) is 29.9 Å². The fourth-order valence-corrected chi connectivity index (χ4v) is 3.95. The summed E-state index contributed by atoms with van der Waals surface area (Å²) in [6.45, 7) is 5.44. The maximum atomic E-state index is 14.3. The van der Waals surface area contributed by atoms with Crippen LogP contribution in [0.5, 0.6) is 0 Å². The monoisotopic (exact) mass is 386 g/mol. The fourth-order valence-electron chi connectivity index (χ4n) is 3.95. The summed E-state index contributed by atoms with van der Waals surface area (Å²) >= 11 is 0. The molecule has 1 aliphatic carbocycles. The predicted molar refractivity (Wildman–Crippen MR) is 117 cm³/mol. The summed E-state index contributed by atoms with van der Waals surface area (Å²) in [7, 11) is 0. The summed E-state index contributed by atoms with van der Waals surface area (Å²) in [5, 5.41) is 0. The molecule has 0 saturated heterocycles. The van der Waals surface area contributed by atoms with E-state index in [9.17, 15) is 8.78 Å². The molecule has 1 aliphatic rings. The zero-order valence-corrected chi connectivity index (χ0v) is 16.5. The zero-order chi connectivity index (χ0) is 20.4. The van der Waals surface area contributed by atoms with Crippen LogP contribution in [0.3, 0.4) is 0 Å². The third-order valence-corrected chi connectivity index (χ3v) is 5.85. The quantitative estimate of drug-likeness (QED) is 0.401. The first-order valence-electron chi connectivity index (χ1n) is 10.0. The molecule has 146 valence electrons. The van der Waals surface area contributed by atoms with Gasteiger partial charge in [0.2, 0.25) is 0 Å². The Morgan fingerprint density at radius 1 is 0.759 bits per heavy atom. The average Bonchev–Trinajstić information content (AvgIpc) is 2.78.